The lowest BCUT2D eigenvalue weighted by Crippen LogP contribution is -2.70. The molecule has 1 saturated heterocycles. The van der Waals surface area contributed by atoms with Crippen molar-refractivity contribution < 1.29 is 38.0 Å². The second-order valence-electron chi connectivity index (χ2n) is 12.3. The predicted octanol–water partition coefficient (Wildman–Crippen LogP) is 5.64. The molecule has 0 radical (unpaired) electrons. The largest absolute Gasteiger partial charge is 0.444 e. The minimum absolute atomic E-state index is 0.0560. The summed E-state index contributed by atoms with van der Waals surface area (Å²) in [5.74, 6) is -2.32. The van der Waals surface area contributed by atoms with Crippen molar-refractivity contribution in [1.29, 1.82) is 0 Å². The van der Waals surface area contributed by atoms with Gasteiger partial charge in [-0.3, -0.25) is 14.9 Å². The number of nitrogens with zero attached hydrogens (tertiary/aromatic N) is 2. The van der Waals surface area contributed by atoms with Crippen molar-refractivity contribution in [3.05, 3.63) is 63.4 Å². The third kappa shape index (κ3) is 7.10. The first-order valence-corrected chi connectivity index (χ1v) is 17.5. The molecule has 3 rings (SSSR count). The number of non-ortho nitro benzene ring substituents is 1. The van der Waals surface area contributed by atoms with Gasteiger partial charge in [0, 0.05) is 18.7 Å². The molecule has 44 heavy (non-hydrogen) atoms. The maximum atomic E-state index is 13.8. The number of benzene rings is 1. The molecule has 1 N–H and O–H groups in total. The first-order valence-electron chi connectivity index (χ1n) is 14.9. The number of fused-ring (bicyclic) bond motifs is 1. The zero-order valence-electron chi connectivity index (χ0n) is 26.7. The van der Waals surface area contributed by atoms with E-state index in [1.54, 1.807) is 32.9 Å². The highest BCUT2D eigenvalue weighted by Gasteiger charge is 2.65. The number of esters is 2. The molecule has 0 aliphatic carbocycles. The van der Waals surface area contributed by atoms with Crippen LogP contribution in [-0.4, -0.2) is 66.4 Å². The molecule has 2 heterocycles. The van der Waals surface area contributed by atoms with Gasteiger partial charge < -0.3 is 24.1 Å². The highest BCUT2D eigenvalue weighted by Crippen LogP contribution is 2.53. The number of ether oxygens (including phenoxy) is 2. The fourth-order valence-electron chi connectivity index (χ4n) is 5.65. The molecular formula is C31H43N3O9Si. The van der Waals surface area contributed by atoms with E-state index in [0.29, 0.717) is 12.0 Å². The summed E-state index contributed by atoms with van der Waals surface area (Å²) in [7, 11) is -2.06. The molecule has 0 saturated carbocycles. The average molecular weight is 630 g/mol. The van der Waals surface area contributed by atoms with Crippen LogP contribution in [0.15, 0.2) is 47.7 Å². The van der Waals surface area contributed by atoms with Gasteiger partial charge in [-0.25, -0.2) is 14.4 Å². The van der Waals surface area contributed by atoms with E-state index < -0.39 is 54.4 Å². The summed E-state index contributed by atoms with van der Waals surface area (Å²) in [6, 6.07) is 7.01. The molecule has 2 aliphatic rings. The Balaban J connectivity index is 1.87. The standard InChI is InChI=1S/C31H43N3O9Si/c1-9-44(10-2,11-3)43-20(4)31(8)24-19-22(13-12-18-32-29(38)42-30(5,6)7)25(33(24)28(31)37)27(36)41-26(35)21-14-16-23(17-15-21)34(39)40/h12-17,20,24H,9-11,18-19H2,1-8H3,(H,32,38)/b13-12+/t20-,24-,31-/m1/s1. The molecule has 0 unspecified atom stereocenters. The van der Waals surface area contributed by atoms with E-state index in [1.165, 1.54) is 17.0 Å². The summed E-state index contributed by atoms with van der Waals surface area (Å²) >= 11 is 0. The van der Waals surface area contributed by atoms with Gasteiger partial charge in [0.2, 0.25) is 5.91 Å². The number of β-lactam (4-membered cyclic amide) rings is 1. The zero-order valence-corrected chi connectivity index (χ0v) is 27.7. The smallest absolute Gasteiger partial charge is 0.407 e. The Labute approximate surface area is 259 Å². The van der Waals surface area contributed by atoms with E-state index >= 15 is 0 Å². The van der Waals surface area contributed by atoms with E-state index in [9.17, 15) is 29.3 Å². The Hall–Kier alpha value is -3.84. The summed E-state index contributed by atoms with van der Waals surface area (Å²) < 4.78 is 17.1. The lowest BCUT2D eigenvalue weighted by Gasteiger charge is -2.55. The third-order valence-corrected chi connectivity index (χ3v) is 13.3. The van der Waals surface area contributed by atoms with Gasteiger partial charge in [0.05, 0.1) is 28.0 Å². The number of nitrogens with one attached hydrogen (secondary N) is 1. The molecule has 3 atom stereocenters. The predicted molar refractivity (Wildman–Crippen MR) is 165 cm³/mol. The SMILES string of the molecule is CC[Si](CC)(CC)O[C@H](C)[C@@]1(C)C(=O)N2C(C(=O)OC(=O)c3ccc([N+](=O)[O-])cc3)=C(/C=C/CNC(=O)OC(C)(C)C)C[C@@H]21. The fourth-order valence-corrected chi connectivity index (χ4v) is 8.65. The Kier molecular flexibility index (Phi) is 10.6. The number of alkyl carbamates (subject to hydrolysis) is 1. The molecule has 0 aromatic heterocycles. The van der Waals surface area contributed by atoms with Crippen LogP contribution >= 0.6 is 0 Å². The third-order valence-electron chi connectivity index (χ3n) is 8.62. The van der Waals surface area contributed by atoms with Gasteiger partial charge in [-0.1, -0.05) is 32.9 Å². The van der Waals surface area contributed by atoms with Crippen molar-refractivity contribution in [2.45, 2.75) is 97.7 Å². The van der Waals surface area contributed by atoms with E-state index in [1.807, 2.05) is 13.8 Å². The Morgan fingerprint density at radius 1 is 1.14 bits per heavy atom. The molecule has 13 heteroatoms. The second-order valence-corrected chi connectivity index (χ2v) is 17.0. The zero-order chi connectivity index (χ0) is 33.0. The van der Waals surface area contributed by atoms with Crippen LogP contribution in [0.2, 0.25) is 18.1 Å². The van der Waals surface area contributed by atoms with Gasteiger partial charge in [0.25, 0.3) is 5.69 Å². The number of hydrogen-bond acceptors (Lipinski definition) is 9. The number of carbonyl (C=O) groups is 4. The van der Waals surface area contributed by atoms with Gasteiger partial charge in [-0.15, -0.1) is 0 Å². The maximum Gasteiger partial charge on any atom is 0.407 e. The topological polar surface area (TPSA) is 154 Å². The number of nitro groups is 1. The number of nitro benzene ring substituents is 1. The van der Waals surface area contributed by atoms with Gasteiger partial charge in [0.15, 0.2) is 8.32 Å². The molecule has 12 nitrogen and oxygen atoms in total. The lowest BCUT2D eigenvalue weighted by molar-refractivity contribution is -0.384. The number of amides is 2. The van der Waals surface area contributed by atoms with Crippen molar-refractivity contribution in [3.63, 3.8) is 0 Å². The number of rotatable bonds is 12. The van der Waals surface area contributed by atoms with Crippen LogP contribution < -0.4 is 5.32 Å². The van der Waals surface area contributed by atoms with E-state index in [4.69, 9.17) is 13.9 Å². The molecule has 2 aliphatic heterocycles. The quantitative estimate of drug-likeness (QED) is 0.0772. The van der Waals surface area contributed by atoms with Crippen LogP contribution in [0, 0.1) is 15.5 Å². The first kappa shape index (κ1) is 34.6. The highest BCUT2D eigenvalue weighted by atomic mass is 28.4. The molecule has 240 valence electrons. The van der Waals surface area contributed by atoms with E-state index in [0.717, 1.165) is 30.3 Å². The maximum absolute atomic E-state index is 13.8. The summed E-state index contributed by atoms with van der Waals surface area (Å²) in [5, 5.41) is 13.6. The summed E-state index contributed by atoms with van der Waals surface area (Å²) in [6.07, 6.45) is 2.56. The fraction of sp³-hybridized carbons (Fsp3) is 0.548. The summed E-state index contributed by atoms with van der Waals surface area (Å²) in [6.45, 7) is 15.4. The monoisotopic (exact) mass is 629 g/mol. The van der Waals surface area contributed by atoms with Crippen LogP contribution in [-0.2, 0) is 23.5 Å². The van der Waals surface area contributed by atoms with Gasteiger partial charge in [-0.05, 0) is 76.9 Å². The molecule has 1 fully saturated rings. The molecule has 1 aromatic carbocycles. The Morgan fingerprint density at radius 3 is 2.25 bits per heavy atom. The molecule has 2 amide bonds. The molecule has 1 aromatic rings. The summed E-state index contributed by atoms with van der Waals surface area (Å²) in [5.41, 5.74) is -1.44. The van der Waals surface area contributed by atoms with Crippen LogP contribution in [0.4, 0.5) is 10.5 Å². The Bertz CT molecular complexity index is 1350. The highest BCUT2D eigenvalue weighted by molar-refractivity contribution is 6.73. The summed E-state index contributed by atoms with van der Waals surface area (Å²) in [4.78, 5) is 63.8. The normalized spacial score (nSPS) is 20.7. The van der Waals surface area contributed by atoms with Crippen LogP contribution in [0.3, 0.4) is 0 Å². The number of hydrogen-bond donors (Lipinski definition) is 1. The second kappa shape index (κ2) is 13.4. The van der Waals surface area contributed by atoms with Crippen molar-refractivity contribution in [1.82, 2.24) is 10.2 Å². The van der Waals surface area contributed by atoms with E-state index in [-0.39, 0.29) is 29.4 Å². The molecule has 0 spiro atoms. The van der Waals surface area contributed by atoms with Crippen LogP contribution in [0.5, 0.6) is 0 Å². The van der Waals surface area contributed by atoms with Crippen molar-refractivity contribution in [3.8, 4) is 0 Å². The minimum Gasteiger partial charge on any atom is -0.444 e. The average Bonchev–Trinajstić information content (AvgIpc) is 3.33. The first-order chi connectivity index (χ1) is 20.5. The number of allylic oxidation sites excluding steroid dienone is 1. The van der Waals surface area contributed by atoms with Crippen LogP contribution in [0.25, 0.3) is 0 Å². The van der Waals surface area contributed by atoms with E-state index in [2.05, 4.69) is 26.1 Å². The molecular weight excluding hydrogens is 586 g/mol. The van der Waals surface area contributed by atoms with Gasteiger partial charge in [0.1, 0.15) is 11.3 Å². The van der Waals surface area contributed by atoms with Crippen molar-refractivity contribution in [2.24, 2.45) is 5.41 Å². The lowest BCUT2D eigenvalue weighted by atomic mass is 9.68. The minimum atomic E-state index is -2.06. The Morgan fingerprint density at radius 2 is 1.73 bits per heavy atom. The number of carbonyl (C=O) groups excluding carboxylic acids is 4. The van der Waals surface area contributed by atoms with Crippen molar-refractivity contribution in [2.75, 3.05) is 6.54 Å². The van der Waals surface area contributed by atoms with Gasteiger partial charge >= 0.3 is 18.0 Å². The van der Waals surface area contributed by atoms with Gasteiger partial charge in [-0.2, -0.15) is 0 Å². The van der Waals surface area contributed by atoms with Crippen LogP contribution in [0.1, 0.15) is 72.2 Å². The molecule has 0 bridgehead atoms. The van der Waals surface area contributed by atoms with Crippen molar-refractivity contribution >= 4 is 37.9 Å².